The van der Waals surface area contributed by atoms with Gasteiger partial charge in [0, 0.05) is 51.1 Å². The van der Waals surface area contributed by atoms with Gasteiger partial charge in [0.1, 0.15) is 5.82 Å². The maximum atomic E-state index is 6.02. The first-order chi connectivity index (χ1) is 10.6. The minimum Gasteiger partial charge on any atom is -0.354 e. The summed E-state index contributed by atoms with van der Waals surface area (Å²) in [6.45, 7) is 4.41. The molecule has 0 radical (unpaired) electrons. The normalized spacial score (nSPS) is 11.5. The highest BCUT2D eigenvalue weighted by atomic mass is 35.5. The Morgan fingerprint density at radius 3 is 2.91 bits per heavy atom. The standard InChI is InChI=1S/C16H22ClN5/c1-13-19-7-9-22(13)10-8-20-16(18-2)21(3)12-14-5-4-6-15(17)11-14/h4-7,9,11H,8,10,12H2,1-3H3,(H,18,20). The van der Waals surface area contributed by atoms with Crippen molar-refractivity contribution in [3.05, 3.63) is 53.1 Å². The molecule has 118 valence electrons. The number of aromatic nitrogens is 2. The third-order valence-corrected chi connectivity index (χ3v) is 3.68. The van der Waals surface area contributed by atoms with Crippen molar-refractivity contribution < 1.29 is 0 Å². The Balaban J connectivity index is 1.87. The number of nitrogens with zero attached hydrogens (tertiary/aromatic N) is 4. The molecule has 2 aromatic rings. The number of aryl methyl sites for hydroxylation is 1. The van der Waals surface area contributed by atoms with E-state index in [4.69, 9.17) is 11.6 Å². The number of imidazole rings is 1. The zero-order valence-electron chi connectivity index (χ0n) is 13.3. The van der Waals surface area contributed by atoms with Gasteiger partial charge in [-0.05, 0) is 24.6 Å². The van der Waals surface area contributed by atoms with Crippen LogP contribution in [-0.2, 0) is 13.1 Å². The summed E-state index contributed by atoms with van der Waals surface area (Å²) in [4.78, 5) is 10.6. The predicted octanol–water partition coefficient (Wildman–Crippen LogP) is 2.55. The van der Waals surface area contributed by atoms with Crippen molar-refractivity contribution in [2.24, 2.45) is 4.99 Å². The molecular weight excluding hydrogens is 298 g/mol. The Morgan fingerprint density at radius 2 is 2.27 bits per heavy atom. The molecule has 1 aromatic heterocycles. The molecular formula is C16H22ClN5. The van der Waals surface area contributed by atoms with Crippen LogP contribution in [0.15, 0.2) is 41.7 Å². The molecule has 0 amide bonds. The molecule has 22 heavy (non-hydrogen) atoms. The molecule has 0 fully saturated rings. The van der Waals surface area contributed by atoms with Gasteiger partial charge in [0.05, 0.1) is 0 Å². The van der Waals surface area contributed by atoms with Gasteiger partial charge >= 0.3 is 0 Å². The summed E-state index contributed by atoms with van der Waals surface area (Å²) in [7, 11) is 3.80. The molecule has 0 aliphatic carbocycles. The van der Waals surface area contributed by atoms with E-state index in [-0.39, 0.29) is 0 Å². The van der Waals surface area contributed by atoms with E-state index in [9.17, 15) is 0 Å². The van der Waals surface area contributed by atoms with E-state index < -0.39 is 0 Å². The predicted molar refractivity (Wildman–Crippen MR) is 91.2 cm³/mol. The van der Waals surface area contributed by atoms with Crippen LogP contribution in [-0.4, -0.2) is 41.1 Å². The number of benzene rings is 1. The van der Waals surface area contributed by atoms with Gasteiger partial charge in [0.2, 0.25) is 0 Å². The van der Waals surface area contributed by atoms with Crippen molar-refractivity contribution in [3.8, 4) is 0 Å². The SMILES string of the molecule is CN=C(NCCn1ccnc1C)N(C)Cc1cccc(Cl)c1. The molecule has 0 spiro atoms. The van der Waals surface area contributed by atoms with Crippen LogP contribution in [0.1, 0.15) is 11.4 Å². The number of nitrogens with one attached hydrogen (secondary N) is 1. The van der Waals surface area contributed by atoms with Gasteiger partial charge in [-0.25, -0.2) is 4.98 Å². The summed E-state index contributed by atoms with van der Waals surface area (Å²) < 4.78 is 2.11. The molecule has 0 saturated heterocycles. The Bertz CT molecular complexity index is 635. The maximum Gasteiger partial charge on any atom is 0.193 e. The lowest BCUT2D eigenvalue weighted by Crippen LogP contribution is -2.39. The molecule has 0 atom stereocenters. The zero-order chi connectivity index (χ0) is 15.9. The lowest BCUT2D eigenvalue weighted by molar-refractivity contribution is 0.473. The Kier molecular flexibility index (Phi) is 5.83. The highest BCUT2D eigenvalue weighted by Gasteiger charge is 2.07. The number of halogens is 1. The van der Waals surface area contributed by atoms with Crippen LogP contribution >= 0.6 is 11.6 Å². The topological polar surface area (TPSA) is 45.5 Å². The van der Waals surface area contributed by atoms with Crippen LogP contribution in [0.5, 0.6) is 0 Å². The molecule has 0 aliphatic heterocycles. The number of hydrogen-bond donors (Lipinski definition) is 1. The van der Waals surface area contributed by atoms with Crippen LogP contribution in [0, 0.1) is 6.92 Å². The second-order valence-corrected chi connectivity index (χ2v) is 5.56. The third-order valence-electron chi connectivity index (χ3n) is 3.44. The first-order valence-electron chi connectivity index (χ1n) is 7.24. The molecule has 1 aromatic carbocycles. The van der Waals surface area contributed by atoms with Crippen LogP contribution in [0.2, 0.25) is 5.02 Å². The molecule has 2 rings (SSSR count). The first-order valence-corrected chi connectivity index (χ1v) is 7.62. The smallest absolute Gasteiger partial charge is 0.193 e. The molecule has 1 heterocycles. The van der Waals surface area contributed by atoms with Gasteiger partial charge in [0.25, 0.3) is 0 Å². The molecule has 6 heteroatoms. The van der Waals surface area contributed by atoms with Crippen molar-refractivity contribution in [3.63, 3.8) is 0 Å². The Morgan fingerprint density at radius 1 is 1.45 bits per heavy atom. The number of rotatable bonds is 5. The van der Waals surface area contributed by atoms with E-state index in [1.807, 2.05) is 44.6 Å². The minimum absolute atomic E-state index is 0.754. The van der Waals surface area contributed by atoms with Crippen LogP contribution in [0.3, 0.4) is 0 Å². The Labute approximate surface area is 136 Å². The lowest BCUT2D eigenvalue weighted by Gasteiger charge is -2.22. The van der Waals surface area contributed by atoms with E-state index >= 15 is 0 Å². The van der Waals surface area contributed by atoms with Crippen LogP contribution in [0.4, 0.5) is 0 Å². The fourth-order valence-corrected chi connectivity index (χ4v) is 2.51. The number of hydrogen-bond acceptors (Lipinski definition) is 2. The van der Waals surface area contributed by atoms with Gasteiger partial charge < -0.3 is 14.8 Å². The third kappa shape index (κ3) is 4.49. The number of guanidine groups is 1. The fraction of sp³-hybridized carbons (Fsp3) is 0.375. The molecule has 0 unspecified atom stereocenters. The van der Waals surface area contributed by atoms with Crippen molar-refractivity contribution in [2.45, 2.75) is 20.0 Å². The lowest BCUT2D eigenvalue weighted by atomic mass is 10.2. The first kappa shape index (κ1) is 16.4. The average molecular weight is 320 g/mol. The summed E-state index contributed by atoms with van der Waals surface area (Å²) >= 11 is 6.02. The van der Waals surface area contributed by atoms with E-state index in [1.54, 1.807) is 7.05 Å². The van der Waals surface area contributed by atoms with Crippen molar-refractivity contribution in [1.29, 1.82) is 0 Å². The zero-order valence-corrected chi connectivity index (χ0v) is 14.0. The molecule has 5 nitrogen and oxygen atoms in total. The maximum absolute atomic E-state index is 6.02. The Hall–Kier alpha value is -2.01. The van der Waals surface area contributed by atoms with Gasteiger partial charge in [-0.1, -0.05) is 23.7 Å². The van der Waals surface area contributed by atoms with Crippen molar-refractivity contribution in [2.75, 3.05) is 20.6 Å². The van der Waals surface area contributed by atoms with Crippen LogP contribution < -0.4 is 5.32 Å². The molecule has 1 N–H and O–H groups in total. The second kappa shape index (κ2) is 7.84. The largest absolute Gasteiger partial charge is 0.354 e. The van der Waals surface area contributed by atoms with Gasteiger partial charge in [-0.15, -0.1) is 0 Å². The molecule has 0 aliphatic rings. The highest BCUT2D eigenvalue weighted by Crippen LogP contribution is 2.12. The summed E-state index contributed by atoms with van der Waals surface area (Å²) in [6.07, 6.45) is 3.80. The minimum atomic E-state index is 0.754. The van der Waals surface area contributed by atoms with Gasteiger partial charge in [0.15, 0.2) is 5.96 Å². The summed E-state index contributed by atoms with van der Waals surface area (Å²) in [6, 6.07) is 7.87. The summed E-state index contributed by atoms with van der Waals surface area (Å²) in [5, 5.41) is 4.12. The van der Waals surface area contributed by atoms with Gasteiger partial charge in [-0.2, -0.15) is 0 Å². The van der Waals surface area contributed by atoms with E-state index in [0.717, 1.165) is 42.0 Å². The fourth-order valence-electron chi connectivity index (χ4n) is 2.30. The van der Waals surface area contributed by atoms with Crippen molar-refractivity contribution >= 4 is 17.6 Å². The van der Waals surface area contributed by atoms with Crippen molar-refractivity contribution in [1.82, 2.24) is 19.8 Å². The van der Waals surface area contributed by atoms with Gasteiger partial charge in [-0.3, -0.25) is 4.99 Å². The highest BCUT2D eigenvalue weighted by molar-refractivity contribution is 6.30. The van der Waals surface area contributed by atoms with E-state index in [0.29, 0.717) is 0 Å². The van der Waals surface area contributed by atoms with E-state index in [1.165, 1.54) is 0 Å². The van der Waals surface area contributed by atoms with Crippen LogP contribution in [0.25, 0.3) is 0 Å². The monoisotopic (exact) mass is 319 g/mol. The summed E-state index contributed by atoms with van der Waals surface area (Å²) in [5.74, 6) is 1.88. The van der Waals surface area contributed by atoms with E-state index in [2.05, 4.69) is 30.8 Å². The number of aliphatic imine (C=N–C) groups is 1. The molecule has 0 saturated carbocycles. The second-order valence-electron chi connectivity index (χ2n) is 5.13. The quantitative estimate of drug-likeness (QED) is 0.680. The average Bonchev–Trinajstić information content (AvgIpc) is 2.89. The summed E-state index contributed by atoms with van der Waals surface area (Å²) in [5.41, 5.74) is 1.16. The molecule has 0 bridgehead atoms.